The van der Waals surface area contributed by atoms with Gasteiger partial charge in [-0.3, -0.25) is 0 Å². The molecule has 21 heavy (non-hydrogen) atoms. The first-order chi connectivity index (χ1) is 10.1. The third-order valence-corrected chi connectivity index (χ3v) is 4.05. The van der Waals surface area contributed by atoms with E-state index in [9.17, 15) is 0 Å². The fraction of sp³-hybridized carbons (Fsp3) is 0.500. The normalized spacial score (nSPS) is 18.0. The van der Waals surface area contributed by atoms with Crippen LogP contribution < -0.4 is 10.5 Å². The van der Waals surface area contributed by atoms with Crippen molar-refractivity contribution in [3.05, 3.63) is 41.5 Å². The second-order valence-corrected chi connectivity index (χ2v) is 5.80. The SMILES string of the molecule is CCC(Oc1cccc(C)c1)c1nc(C2(N)CCC2)no1. The molecule has 0 saturated heterocycles. The summed E-state index contributed by atoms with van der Waals surface area (Å²) < 4.78 is 11.3. The molecule has 1 saturated carbocycles. The lowest BCUT2D eigenvalue weighted by atomic mass is 9.77. The second kappa shape index (κ2) is 5.48. The lowest BCUT2D eigenvalue weighted by Gasteiger charge is -2.34. The molecule has 0 radical (unpaired) electrons. The van der Waals surface area contributed by atoms with Gasteiger partial charge in [-0.25, -0.2) is 0 Å². The highest BCUT2D eigenvalue weighted by Gasteiger charge is 2.39. The van der Waals surface area contributed by atoms with Gasteiger partial charge < -0.3 is 15.0 Å². The van der Waals surface area contributed by atoms with E-state index in [2.05, 4.69) is 10.1 Å². The molecule has 0 amide bonds. The van der Waals surface area contributed by atoms with Crippen molar-refractivity contribution in [3.63, 3.8) is 0 Å². The Morgan fingerprint density at radius 2 is 2.24 bits per heavy atom. The summed E-state index contributed by atoms with van der Waals surface area (Å²) in [5, 5.41) is 4.05. The quantitative estimate of drug-likeness (QED) is 0.913. The molecule has 0 aliphatic heterocycles. The first-order valence-electron chi connectivity index (χ1n) is 7.47. The van der Waals surface area contributed by atoms with Crippen LogP contribution in [0.4, 0.5) is 0 Å². The first-order valence-corrected chi connectivity index (χ1v) is 7.47. The van der Waals surface area contributed by atoms with Gasteiger partial charge in [-0.15, -0.1) is 0 Å². The molecule has 2 N–H and O–H groups in total. The first kappa shape index (κ1) is 14.1. The number of hydrogen-bond donors (Lipinski definition) is 1. The molecule has 2 aromatic rings. The van der Waals surface area contributed by atoms with Gasteiger partial charge in [-0.05, 0) is 50.3 Å². The van der Waals surface area contributed by atoms with Crippen LogP contribution in [0, 0.1) is 6.92 Å². The Hall–Kier alpha value is -1.88. The number of nitrogens with zero attached hydrogens (tertiary/aromatic N) is 2. The van der Waals surface area contributed by atoms with E-state index < -0.39 is 5.54 Å². The summed E-state index contributed by atoms with van der Waals surface area (Å²) >= 11 is 0. The molecule has 1 atom stereocenters. The Morgan fingerprint density at radius 3 is 2.86 bits per heavy atom. The third-order valence-electron chi connectivity index (χ3n) is 4.05. The molecule has 5 nitrogen and oxygen atoms in total. The lowest BCUT2D eigenvalue weighted by Crippen LogP contribution is -2.44. The van der Waals surface area contributed by atoms with Gasteiger partial charge in [0.05, 0.1) is 5.54 Å². The Balaban J connectivity index is 1.77. The summed E-state index contributed by atoms with van der Waals surface area (Å²) in [6, 6.07) is 7.94. The minimum atomic E-state index is -0.399. The summed E-state index contributed by atoms with van der Waals surface area (Å²) in [6.07, 6.45) is 3.48. The van der Waals surface area contributed by atoms with E-state index in [1.54, 1.807) is 0 Å². The molecule has 1 heterocycles. The van der Waals surface area contributed by atoms with Crippen LogP contribution in [-0.4, -0.2) is 10.1 Å². The van der Waals surface area contributed by atoms with Gasteiger partial charge in [0, 0.05) is 0 Å². The van der Waals surface area contributed by atoms with Gasteiger partial charge in [-0.2, -0.15) is 4.98 Å². The van der Waals surface area contributed by atoms with Crippen LogP contribution in [-0.2, 0) is 5.54 Å². The number of nitrogens with two attached hydrogens (primary N) is 1. The highest BCUT2D eigenvalue weighted by atomic mass is 16.5. The van der Waals surface area contributed by atoms with E-state index in [0.29, 0.717) is 11.7 Å². The van der Waals surface area contributed by atoms with Crippen molar-refractivity contribution in [1.29, 1.82) is 0 Å². The van der Waals surface area contributed by atoms with Crippen LogP contribution in [0.3, 0.4) is 0 Å². The van der Waals surface area contributed by atoms with Crippen molar-refractivity contribution in [1.82, 2.24) is 10.1 Å². The van der Waals surface area contributed by atoms with E-state index >= 15 is 0 Å². The fourth-order valence-corrected chi connectivity index (χ4v) is 2.51. The molecule has 0 bridgehead atoms. The summed E-state index contributed by atoms with van der Waals surface area (Å²) in [4.78, 5) is 4.47. The van der Waals surface area contributed by atoms with Crippen LogP contribution in [0.25, 0.3) is 0 Å². The maximum Gasteiger partial charge on any atom is 0.267 e. The van der Waals surface area contributed by atoms with Crippen LogP contribution in [0.2, 0.25) is 0 Å². The van der Waals surface area contributed by atoms with E-state index in [-0.39, 0.29) is 6.10 Å². The van der Waals surface area contributed by atoms with Gasteiger partial charge in [0.2, 0.25) is 0 Å². The highest BCUT2D eigenvalue weighted by Crippen LogP contribution is 2.37. The fourth-order valence-electron chi connectivity index (χ4n) is 2.51. The Bertz CT molecular complexity index is 619. The van der Waals surface area contributed by atoms with Gasteiger partial charge in [0.25, 0.3) is 5.89 Å². The van der Waals surface area contributed by atoms with Crippen molar-refractivity contribution >= 4 is 0 Å². The standard InChI is InChI=1S/C16H21N3O2/c1-3-13(20-12-7-4-6-11(2)10-12)14-18-15(19-21-14)16(17)8-5-9-16/h4,6-7,10,13H,3,5,8-9,17H2,1-2H3. The van der Waals surface area contributed by atoms with Crippen molar-refractivity contribution in [3.8, 4) is 5.75 Å². The Kier molecular flexibility index (Phi) is 3.68. The van der Waals surface area contributed by atoms with Gasteiger partial charge in [0.1, 0.15) is 5.75 Å². The smallest absolute Gasteiger partial charge is 0.267 e. The molecule has 1 fully saturated rings. The van der Waals surface area contributed by atoms with Crippen LogP contribution in [0.5, 0.6) is 5.75 Å². The van der Waals surface area contributed by atoms with Gasteiger partial charge in [-0.1, -0.05) is 24.2 Å². The summed E-state index contributed by atoms with van der Waals surface area (Å²) in [6.45, 7) is 4.07. The molecular weight excluding hydrogens is 266 g/mol. The molecule has 0 spiro atoms. The highest BCUT2D eigenvalue weighted by molar-refractivity contribution is 5.27. The number of hydrogen-bond acceptors (Lipinski definition) is 5. The van der Waals surface area contributed by atoms with E-state index in [1.807, 2.05) is 38.1 Å². The van der Waals surface area contributed by atoms with E-state index in [4.69, 9.17) is 15.0 Å². The maximum atomic E-state index is 6.23. The number of aromatic nitrogens is 2. The number of ether oxygens (including phenoxy) is 1. The Morgan fingerprint density at radius 1 is 1.43 bits per heavy atom. The second-order valence-electron chi connectivity index (χ2n) is 5.80. The summed E-state index contributed by atoms with van der Waals surface area (Å²) in [7, 11) is 0. The topological polar surface area (TPSA) is 74.2 Å². The van der Waals surface area contributed by atoms with Gasteiger partial charge in [0.15, 0.2) is 11.9 Å². The average Bonchev–Trinajstić information content (AvgIpc) is 2.92. The molecule has 1 aliphatic carbocycles. The van der Waals surface area contributed by atoms with Crippen LogP contribution in [0.15, 0.2) is 28.8 Å². The zero-order chi connectivity index (χ0) is 14.9. The summed E-state index contributed by atoms with van der Waals surface area (Å²) in [5.41, 5.74) is 6.98. The minimum absolute atomic E-state index is 0.239. The molecule has 1 aliphatic rings. The molecular formula is C16H21N3O2. The van der Waals surface area contributed by atoms with E-state index in [0.717, 1.165) is 37.0 Å². The van der Waals surface area contributed by atoms with Crippen molar-refractivity contribution in [2.24, 2.45) is 5.73 Å². The zero-order valence-electron chi connectivity index (χ0n) is 12.5. The van der Waals surface area contributed by atoms with Crippen molar-refractivity contribution in [2.75, 3.05) is 0 Å². The Labute approximate surface area is 124 Å². The van der Waals surface area contributed by atoms with Crippen molar-refractivity contribution in [2.45, 2.75) is 51.2 Å². The summed E-state index contributed by atoms with van der Waals surface area (Å²) in [5.74, 6) is 1.92. The number of aryl methyl sites for hydroxylation is 1. The molecule has 112 valence electrons. The molecule has 1 unspecified atom stereocenters. The molecule has 3 rings (SSSR count). The van der Waals surface area contributed by atoms with Gasteiger partial charge >= 0.3 is 0 Å². The van der Waals surface area contributed by atoms with Crippen molar-refractivity contribution < 1.29 is 9.26 Å². The molecule has 5 heteroatoms. The van der Waals surface area contributed by atoms with Crippen LogP contribution >= 0.6 is 0 Å². The zero-order valence-corrected chi connectivity index (χ0v) is 12.5. The predicted octanol–water partition coefficient (Wildman–Crippen LogP) is 3.25. The molecule has 1 aromatic carbocycles. The van der Waals surface area contributed by atoms with E-state index in [1.165, 1.54) is 0 Å². The lowest BCUT2D eigenvalue weighted by molar-refractivity contribution is 0.153. The monoisotopic (exact) mass is 287 g/mol. The largest absolute Gasteiger partial charge is 0.481 e. The maximum absolute atomic E-state index is 6.23. The third kappa shape index (κ3) is 2.78. The molecule has 1 aromatic heterocycles. The van der Waals surface area contributed by atoms with Crippen LogP contribution in [0.1, 0.15) is 56.0 Å². The average molecular weight is 287 g/mol. The number of benzene rings is 1. The number of rotatable bonds is 5. The predicted molar refractivity (Wildman–Crippen MR) is 78.9 cm³/mol. The minimum Gasteiger partial charge on any atom is -0.481 e.